The number of carbonyl (C=O) groups excluding carboxylic acids is 2. The Morgan fingerprint density at radius 3 is 2.52 bits per heavy atom. The summed E-state index contributed by atoms with van der Waals surface area (Å²) in [6, 6.07) is 10.6. The molecule has 0 saturated carbocycles. The molecule has 1 atom stereocenters. The summed E-state index contributed by atoms with van der Waals surface area (Å²) in [5.74, 6) is -1.30. The van der Waals surface area contributed by atoms with Crippen LogP contribution >= 0.6 is 11.6 Å². The predicted molar refractivity (Wildman–Crippen MR) is 92.9 cm³/mol. The number of nitrogens with zero attached hydrogens (tertiary/aromatic N) is 1. The van der Waals surface area contributed by atoms with E-state index in [1.54, 1.807) is 37.3 Å². The molecule has 1 amide bonds. The standard InChI is InChI=1S/C19H16ClNO4/c1-11-17(22)9-14-8-15(20)6-7-16(14)18(23)21(11)10-12-2-4-13(5-3-12)19(24)25/h2-8,11H,9-10H2,1H3,(H,24,25)/t11-/m1/s1. The first-order valence-electron chi connectivity index (χ1n) is 7.81. The fourth-order valence-corrected chi connectivity index (χ4v) is 3.11. The number of Topliss-reactive ketones (excluding diaryl/α,β-unsaturated/α-hetero) is 1. The topological polar surface area (TPSA) is 74.7 Å². The van der Waals surface area contributed by atoms with E-state index in [4.69, 9.17) is 16.7 Å². The lowest BCUT2D eigenvalue weighted by Crippen LogP contribution is -2.41. The Hall–Kier alpha value is -2.66. The maximum atomic E-state index is 12.9. The highest BCUT2D eigenvalue weighted by molar-refractivity contribution is 6.30. The molecule has 0 spiro atoms. The lowest BCUT2D eigenvalue weighted by atomic mass is 10.0. The smallest absolute Gasteiger partial charge is 0.335 e. The van der Waals surface area contributed by atoms with Crippen molar-refractivity contribution in [1.29, 1.82) is 0 Å². The highest BCUT2D eigenvalue weighted by Gasteiger charge is 2.32. The Morgan fingerprint density at radius 2 is 1.88 bits per heavy atom. The van der Waals surface area contributed by atoms with Gasteiger partial charge in [0.05, 0.1) is 11.6 Å². The monoisotopic (exact) mass is 357 g/mol. The highest BCUT2D eigenvalue weighted by Crippen LogP contribution is 2.25. The minimum absolute atomic E-state index is 0.0588. The summed E-state index contributed by atoms with van der Waals surface area (Å²) in [6.07, 6.45) is 0.164. The molecule has 25 heavy (non-hydrogen) atoms. The van der Waals surface area contributed by atoms with Gasteiger partial charge in [0.15, 0.2) is 5.78 Å². The Balaban J connectivity index is 1.93. The fraction of sp³-hybridized carbons (Fsp3) is 0.211. The van der Waals surface area contributed by atoms with E-state index < -0.39 is 12.0 Å². The minimum Gasteiger partial charge on any atom is -0.478 e. The molecule has 0 fully saturated rings. The third kappa shape index (κ3) is 3.42. The van der Waals surface area contributed by atoms with Crippen molar-refractivity contribution in [3.63, 3.8) is 0 Å². The van der Waals surface area contributed by atoms with Crippen LogP contribution in [0.5, 0.6) is 0 Å². The number of halogens is 1. The van der Waals surface area contributed by atoms with Crippen molar-refractivity contribution < 1.29 is 19.5 Å². The second kappa shape index (κ2) is 6.69. The molecule has 1 aliphatic rings. The van der Waals surface area contributed by atoms with Gasteiger partial charge in [0, 0.05) is 23.6 Å². The van der Waals surface area contributed by atoms with Crippen molar-refractivity contribution in [2.75, 3.05) is 0 Å². The summed E-state index contributed by atoms with van der Waals surface area (Å²) in [7, 11) is 0. The normalized spacial score (nSPS) is 17.2. The van der Waals surface area contributed by atoms with E-state index in [0.29, 0.717) is 16.1 Å². The molecule has 0 unspecified atom stereocenters. The first-order chi connectivity index (χ1) is 11.9. The molecule has 0 aromatic heterocycles. The van der Waals surface area contributed by atoms with Gasteiger partial charge < -0.3 is 10.0 Å². The van der Waals surface area contributed by atoms with E-state index in [2.05, 4.69) is 0 Å². The number of ketones is 1. The zero-order valence-electron chi connectivity index (χ0n) is 13.5. The first-order valence-corrected chi connectivity index (χ1v) is 8.19. The van der Waals surface area contributed by atoms with Crippen LogP contribution in [0.15, 0.2) is 42.5 Å². The third-order valence-electron chi connectivity index (χ3n) is 4.41. The maximum Gasteiger partial charge on any atom is 0.335 e. The number of benzene rings is 2. The molecule has 0 bridgehead atoms. The van der Waals surface area contributed by atoms with Gasteiger partial charge in [-0.2, -0.15) is 0 Å². The molecule has 2 aromatic carbocycles. The molecule has 6 heteroatoms. The quantitative estimate of drug-likeness (QED) is 0.915. The van der Waals surface area contributed by atoms with Crippen molar-refractivity contribution >= 4 is 29.3 Å². The Kier molecular flexibility index (Phi) is 4.59. The van der Waals surface area contributed by atoms with E-state index in [1.165, 1.54) is 17.0 Å². The average Bonchev–Trinajstić information content (AvgIpc) is 2.66. The van der Waals surface area contributed by atoms with Gasteiger partial charge in [0.1, 0.15) is 0 Å². The highest BCUT2D eigenvalue weighted by atomic mass is 35.5. The van der Waals surface area contributed by atoms with Crippen molar-refractivity contribution in [3.8, 4) is 0 Å². The SMILES string of the molecule is C[C@@H]1C(=O)Cc2cc(Cl)ccc2C(=O)N1Cc1ccc(C(=O)O)cc1. The Bertz CT molecular complexity index is 860. The number of amides is 1. The molecule has 5 nitrogen and oxygen atoms in total. The van der Waals surface area contributed by atoms with Gasteiger partial charge in [-0.05, 0) is 48.4 Å². The summed E-state index contributed by atoms with van der Waals surface area (Å²) in [6.45, 7) is 1.94. The number of rotatable bonds is 3. The van der Waals surface area contributed by atoms with Crippen LogP contribution in [0.2, 0.25) is 5.02 Å². The Labute approximate surface area is 149 Å². The van der Waals surface area contributed by atoms with Gasteiger partial charge in [0.2, 0.25) is 0 Å². The van der Waals surface area contributed by atoms with Gasteiger partial charge in [-0.25, -0.2) is 4.79 Å². The molecule has 0 radical (unpaired) electrons. The zero-order valence-corrected chi connectivity index (χ0v) is 14.3. The van der Waals surface area contributed by atoms with Crippen LogP contribution in [0.4, 0.5) is 0 Å². The largest absolute Gasteiger partial charge is 0.478 e. The summed E-state index contributed by atoms with van der Waals surface area (Å²) >= 11 is 5.98. The van der Waals surface area contributed by atoms with Gasteiger partial charge in [-0.3, -0.25) is 9.59 Å². The van der Waals surface area contributed by atoms with Crippen LogP contribution in [0.1, 0.15) is 38.8 Å². The summed E-state index contributed by atoms with van der Waals surface area (Å²) in [5.41, 5.74) is 2.05. The molecular weight excluding hydrogens is 342 g/mol. The molecule has 1 aliphatic heterocycles. The van der Waals surface area contributed by atoms with Crippen molar-refractivity contribution in [1.82, 2.24) is 4.90 Å². The van der Waals surface area contributed by atoms with E-state index in [1.807, 2.05) is 0 Å². The minimum atomic E-state index is -1.01. The van der Waals surface area contributed by atoms with Gasteiger partial charge in [0.25, 0.3) is 5.91 Å². The van der Waals surface area contributed by atoms with Crippen LogP contribution in [-0.2, 0) is 17.8 Å². The maximum absolute atomic E-state index is 12.9. The molecule has 1 N–H and O–H groups in total. The number of hydrogen-bond donors (Lipinski definition) is 1. The molecule has 128 valence electrons. The summed E-state index contributed by atoms with van der Waals surface area (Å²) in [5, 5.41) is 9.46. The van der Waals surface area contributed by atoms with E-state index in [-0.39, 0.29) is 30.2 Å². The van der Waals surface area contributed by atoms with Crippen molar-refractivity contribution in [2.45, 2.75) is 25.9 Å². The zero-order chi connectivity index (χ0) is 18.1. The van der Waals surface area contributed by atoms with Crippen LogP contribution in [0, 0.1) is 0 Å². The first kappa shape index (κ1) is 17.2. The molecule has 2 aromatic rings. The van der Waals surface area contributed by atoms with Gasteiger partial charge in [-0.15, -0.1) is 0 Å². The number of carboxylic acid groups (broad SMARTS) is 1. The van der Waals surface area contributed by atoms with Gasteiger partial charge >= 0.3 is 5.97 Å². The van der Waals surface area contributed by atoms with E-state index in [9.17, 15) is 14.4 Å². The number of carbonyl (C=O) groups is 3. The average molecular weight is 358 g/mol. The van der Waals surface area contributed by atoms with Crippen LogP contribution in [-0.4, -0.2) is 33.7 Å². The van der Waals surface area contributed by atoms with Crippen LogP contribution < -0.4 is 0 Å². The molecule has 0 aliphatic carbocycles. The molecule has 1 heterocycles. The summed E-state index contributed by atoms with van der Waals surface area (Å²) in [4.78, 5) is 37.8. The number of aromatic carboxylic acids is 1. The van der Waals surface area contributed by atoms with E-state index >= 15 is 0 Å². The van der Waals surface area contributed by atoms with Crippen LogP contribution in [0.25, 0.3) is 0 Å². The second-order valence-electron chi connectivity index (χ2n) is 6.06. The third-order valence-corrected chi connectivity index (χ3v) is 4.65. The number of fused-ring (bicyclic) bond motifs is 1. The molecular formula is C19H16ClNO4. The Morgan fingerprint density at radius 1 is 1.20 bits per heavy atom. The predicted octanol–water partition coefficient (Wildman–Crippen LogP) is 3.19. The lowest BCUT2D eigenvalue weighted by molar-refractivity contribution is -0.122. The van der Waals surface area contributed by atoms with Crippen molar-refractivity contribution in [2.24, 2.45) is 0 Å². The number of hydrogen-bond acceptors (Lipinski definition) is 3. The molecule has 0 saturated heterocycles. The fourth-order valence-electron chi connectivity index (χ4n) is 2.92. The van der Waals surface area contributed by atoms with Crippen LogP contribution in [0.3, 0.4) is 0 Å². The number of carboxylic acids is 1. The second-order valence-corrected chi connectivity index (χ2v) is 6.49. The van der Waals surface area contributed by atoms with Crippen molar-refractivity contribution in [3.05, 3.63) is 69.7 Å². The lowest BCUT2D eigenvalue weighted by Gasteiger charge is -2.26. The van der Waals surface area contributed by atoms with E-state index in [0.717, 1.165) is 5.56 Å². The van der Waals surface area contributed by atoms with Gasteiger partial charge in [-0.1, -0.05) is 23.7 Å². The summed E-state index contributed by atoms with van der Waals surface area (Å²) < 4.78 is 0. The molecule has 3 rings (SSSR count).